The van der Waals surface area contributed by atoms with Gasteiger partial charge in [0.25, 0.3) is 0 Å². The third-order valence-electron chi connectivity index (χ3n) is 5.25. The minimum absolute atomic E-state index is 0.129. The number of rotatable bonds is 6. The summed E-state index contributed by atoms with van der Waals surface area (Å²) in [4.78, 5) is 24.8. The molecule has 1 aromatic heterocycles. The minimum Gasteiger partial charge on any atom is -0.337 e. The average molecular weight is 518 g/mol. The van der Waals surface area contributed by atoms with Crippen LogP contribution in [0.2, 0.25) is 0 Å². The van der Waals surface area contributed by atoms with E-state index in [4.69, 9.17) is 0 Å². The topological polar surface area (TPSA) is 87.5 Å². The van der Waals surface area contributed by atoms with Gasteiger partial charge in [-0.25, -0.2) is 10.2 Å². The lowest BCUT2D eigenvalue weighted by molar-refractivity contribution is -0.116. The maximum atomic E-state index is 12.6. The van der Waals surface area contributed by atoms with E-state index in [2.05, 4.69) is 37.1 Å². The highest BCUT2D eigenvalue weighted by molar-refractivity contribution is 9.10. The summed E-state index contributed by atoms with van der Waals surface area (Å²) in [5.74, 6) is -0.129. The van der Waals surface area contributed by atoms with Crippen molar-refractivity contribution in [2.45, 2.75) is 20.4 Å². The fourth-order valence-corrected chi connectivity index (χ4v) is 3.79. The molecule has 34 heavy (non-hydrogen) atoms. The van der Waals surface area contributed by atoms with E-state index in [1.165, 1.54) is 0 Å². The van der Waals surface area contributed by atoms with Crippen LogP contribution in [0.4, 0.5) is 16.2 Å². The van der Waals surface area contributed by atoms with E-state index in [1.54, 1.807) is 12.3 Å². The quantitative estimate of drug-likeness (QED) is 0.222. The number of aryl methyl sites for hydroxylation is 2. The van der Waals surface area contributed by atoms with Gasteiger partial charge in [-0.3, -0.25) is 4.79 Å². The van der Waals surface area contributed by atoms with Crippen LogP contribution in [0.15, 0.2) is 82.5 Å². The lowest BCUT2D eigenvalue weighted by Crippen LogP contribution is -2.24. The Morgan fingerprint density at radius 1 is 0.971 bits per heavy atom. The van der Waals surface area contributed by atoms with Crippen LogP contribution in [0, 0.1) is 13.8 Å². The molecule has 3 aromatic carbocycles. The summed E-state index contributed by atoms with van der Waals surface area (Å²) in [6.07, 6.45) is 3.42. The molecule has 0 fully saturated rings. The first kappa shape index (κ1) is 23.3. The zero-order valence-corrected chi connectivity index (χ0v) is 20.4. The van der Waals surface area contributed by atoms with Crippen LogP contribution in [0.1, 0.15) is 16.7 Å². The van der Waals surface area contributed by atoms with Gasteiger partial charge in [0.2, 0.25) is 5.91 Å². The Balaban J connectivity index is 1.44. The van der Waals surface area contributed by atoms with Crippen LogP contribution in [0.25, 0.3) is 10.9 Å². The van der Waals surface area contributed by atoms with Gasteiger partial charge in [0, 0.05) is 38.5 Å². The molecule has 3 N–H and O–H groups in total. The number of carbonyl (C=O) groups excluding carboxylic acids is 2. The lowest BCUT2D eigenvalue weighted by Gasteiger charge is -2.07. The SMILES string of the molecule is Cc1ccc(NC(=O)Cn2cc(/C=N/NC(=O)Nc3ccc(Br)c(C)c3)c3ccccc32)cc1. The Morgan fingerprint density at radius 3 is 2.47 bits per heavy atom. The summed E-state index contributed by atoms with van der Waals surface area (Å²) < 4.78 is 2.84. The van der Waals surface area contributed by atoms with Crippen molar-refractivity contribution in [3.05, 3.63) is 94.1 Å². The van der Waals surface area contributed by atoms with Gasteiger partial charge in [-0.2, -0.15) is 5.10 Å². The molecule has 0 saturated carbocycles. The van der Waals surface area contributed by atoms with E-state index in [1.807, 2.05) is 85.3 Å². The third-order valence-corrected chi connectivity index (χ3v) is 6.14. The van der Waals surface area contributed by atoms with Crippen molar-refractivity contribution in [2.24, 2.45) is 5.10 Å². The molecule has 172 valence electrons. The lowest BCUT2D eigenvalue weighted by atomic mass is 10.2. The summed E-state index contributed by atoms with van der Waals surface area (Å²) in [7, 11) is 0. The average Bonchev–Trinajstić information content (AvgIpc) is 3.15. The predicted molar refractivity (Wildman–Crippen MR) is 140 cm³/mol. The largest absolute Gasteiger partial charge is 0.339 e. The van der Waals surface area contributed by atoms with E-state index in [-0.39, 0.29) is 12.5 Å². The standard InChI is InChI=1S/C26H24BrN5O2/c1-17-7-9-20(10-8-17)29-25(33)16-32-15-19(22-5-3-4-6-24(22)32)14-28-31-26(34)30-21-11-12-23(27)18(2)13-21/h3-15H,16H2,1-2H3,(H,29,33)(H2,30,31,34)/b28-14+. The molecule has 0 aliphatic heterocycles. The number of nitrogens with zero attached hydrogens (tertiary/aromatic N) is 2. The van der Waals surface area contributed by atoms with Crippen LogP contribution >= 0.6 is 15.9 Å². The summed E-state index contributed by atoms with van der Waals surface area (Å²) >= 11 is 3.44. The molecule has 1 heterocycles. The number of aromatic nitrogens is 1. The molecule has 8 heteroatoms. The van der Waals surface area contributed by atoms with Crippen LogP contribution in [-0.2, 0) is 11.3 Å². The maximum absolute atomic E-state index is 12.6. The number of hydrazone groups is 1. The summed E-state index contributed by atoms with van der Waals surface area (Å²) in [6, 6.07) is 20.5. The number of fused-ring (bicyclic) bond motifs is 1. The molecular formula is C26H24BrN5O2. The predicted octanol–water partition coefficient (Wildman–Crippen LogP) is 5.81. The first-order valence-electron chi connectivity index (χ1n) is 10.7. The zero-order valence-electron chi connectivity index (χ0n) is 18.8. The normalized spacial score (nSPS) is 11.0. The van der Waals surface area contributed by atoms with Crippen molar-refractivity contribution in [1.82, 2.24) is 9.99 Å². The molecule has 0 bridgehead atoms. The number of benzene rings is 3. The Kier molecular flexibility index (Phi) is 7.08. The van der Waals surface area contributed by atoms with Gasteiger partial charge in [0.05, 0.1) is 6.21 Å². The molecule has 4 rings (SSSR count). The molecule has 0 unspecified atom stereocenters. The van der Waals surface area contributed by atoms with Crippen LogP contribution in [-0.4, -0.2) is 22.7 Å². The molecule has 0 aliphatic rings. The van der Waals surface area contributed by atoms with Crippen molar-refractivity contribution in [3.63, 3.8) is 0 Å². The summed E-state index contributed by atoms with van der Waals surface area (Å²) in [6.45, 7) is 4.10. The van der Waals surface area contributed by atoms with E-state index in [9.17, 15) is 9.59 Å². The van der Waals surface area contributed by atoms with Gasteiger partial charge in [-0.05, 0) is 55.8 Å². The number of anilines is 2. The van der Waals surface area contributed by atoms with Gasteiger partial charge in [-0.1, -0.05) is 51.8 Å². The molecular weight excluding hydrogens is 494 g/mol. The zero-order chi connectivity index (χ0) is 24.1. The van der Waals surface area contributed by atoms with E-state index in [0.717, 1.165) is 37.8 Å². The van der Waals surface area contributed by atoms with Crippen molar-refractivity contribution in [3.8, 4) is 0 Å². The number of amides is 3. The van der Waals surface area contributed by atoms with Crippen molar-refractivity contribution >= 4 is 56.4 Å². The maximum Gasteiger partial charge on any atom is 0.339 e. The molecule has 0 aliphatic carbocycles. The first-order chi connectivity index (χ1) is 16.4. The molecule has 0 radical (unpaired) electrons. The molecule has 0 spiro atoms. The van der Waals surface area contributed by atoms with Gasteiger partial charge < -0.3 is 15.2 Å². The van der Waals surface area contributed by atoms with Gasteiger partial charge in [0.15, 0.2) is 0 Å². The van der Waals surface area contributed by atoms with Crippen molar-refractivity contribution in [2.75, 3.05) is 10.6 Å². The highest BCUT2D eigenvalue weighted by Crippen LogP contribution is 2.21. The fraction of sp³-hybridized carbons (Fsp3) is 0.115. The minimum atomic E-state index is -0.445. The number of carbonyl (C=O) groups is 2. The first-order valence-corrected chi connectivity index (χ1v) is 11.5. The molecule has 3 amide bonds. The second-order valence-electron chi connectivity index (χ2n) is 7.93. The number of urea groups is 1. The van der Waals surface area contributed by atoms with E-state index >= 15 is 0 Å². The molecule has 4 aromatic rings. The molecule has 0 saturated heterocycles. The van der Waals surface area contributed by atoms with E-state index < -0.39 is 6.03 Å². The van der Waals surface area contributed by atoms with Gasteiger partial charge in [0.1, 0.15) is 6.54 Å². The Morgan fingerprint density at radius 2 is 1.71 bits per heavy atom. The van der Waals surface area contributed by atoms with Gasteiger partial charge in [-0.15, -0.1) is 0 Å². The Bertz CT molecular complexity index is 1380. The smallest absolute Gasteiger partial charge is 0.337 e. The fourth-order valence-electron chi connectivity index (χ4n) is 3.54. The number of hydrogen-bond donors (Lipinski definition) is 3. The summed E-state index contributed by atoms with van der Waals surface area (Å²) in [5.41, 5.74) is 7.75. The molecule has 0 atom stereocenters. The number of para-hydroxylation sites is 1. The Labute approximate surface area is 206 Å². The monoisotopic (exact) mass is 517 g/mol. The van der Waals surface area contributed by atoms with Crippen LogP contribution in [0.5, 0.6) is 0 Å². The number of halogens is 1. The number of nitrogens with one attached hydrogen (secondary N) is 3. The van der Waals surface area contributed by atoms with Crippen molar-refractivity contribution < 1.29 is 9.59 Å². The van der Waals surface area contributed by atoms with Crippen LogP contribution < -0.4 is 16.1 Å². The summed E-state index contributed by atoms with van der Waals surface area (Å²) in [5, 5.41) is 10.7. The molecule has 7 nitrogen and oxygen atoms in total. The third kappa shape index (κ3) is 5.71. The van der Waals surface area contributed by atoms with E-state index in [0.29, 0.717) is 5.69 Å². The van der Waals surface area contributed by atoms with Gasteiger partial charge >= 0.3 is 6.03 Å². The van der Waals surface area contributed by atoms with Crippen molar-refractivity contribution in [1.29, 1.82) is 0 Å². The van der Waals surface area contributed by atoms with Crippen LogP contribution in [0.3, 0.4) is 0 Å². The number of hydrogen-bond acceptors (Lipinski definition) is 3. The second kappa shape index (κ2) is 10.4. The highest BCUT2D eigenvalue weighted by atomic mass is 79.9. The second-order valence-corrected chi connectivity index (χ2v) is 8.79. The highest BCUT2D eigenvalue weighted by Gasteiger charge is 2.11. The Hall–Kier alpha value is -3.91.